The number of amides is 1. The summed E-state index contributed by atoms with van der Waals surface area (Å²) in [6, 6.07) is 6.62. The number of carbonyl (C=O) groups is 1. The first-order chi connectivity index (χ1) is 12.4. The average molecular weight is 355 g/mol. The maximum atomic E-state index is 11.2. The van der Waals surface area contributed by atoms with E-state index in [4.69, 9.17) is 0 Å². The summed E-state index contributed by atoms with van der Waals surface area (Å²) in [5.74, 6) is 1.15. The van der Waals surface area contributed by atoms with Gasteiger partial charge in [0.25, 0.3) is 0 Å². The first-order valence-electron chi connectivity index (χ1n) is 9.42. The van der Waals surface area contributed by atoms with Crippen molar-refractivity contribution in [3.05, 3.63) is 40.8 Å². The summed E-state index contributed by atoms with van der Waals surface area (Å²) in [4.78, 5) is 18.2. The number of nitrogens with zero attached hydrogens (tertiary/aromatic N) is 3. The molecule has 6 nitrogen and oxygen atoms in total. The van der Waals surface area contributed by atoms with E-state index >= 15 is 0 Å². The molecule has 3 heterocycles. The monoisotopic (exact) mass is 355 g/mol. The van der Waals surface area contributed by atoms with Gasteiger partial charge in [0.1, 0.15) is 0 Å². The van der Waals surface area contributed by atoms with Crippen molar-refractivity contribution < 1.29 is 4.79 Å². The highest BCUT2D eigenvalue weighted by atomic mass is 16.1. The molecule has 0 saturated carbocycles. The van der Waals surface area contributed by atoms with Crippen LogP contribution < -0.4 is 5.32 Å². The maximum absolute atomic E-state index is 11.2. The number of anilines is 1. The Labute approximate surface area is 155 Å². The first-order valence-corrected chi connectivity index (χ1v) is 9.42. The predicted octanol–water partition coefficient (Wildman–Crippen LogP) is 3.40. The Kier molecular flexibility index (Phi) is 5.71. The molecular weight excluding hydrogens is 326 g/mol. The van der Waals surface area contributed by atoms with Crippen molar-refractivity contribution in [3.8, 4) is 0 Å². The van der Waals surface area contributed by atoms with Gasteiger partial charge >= 0.3 is 0 Å². The molecule has 3 rings (SSSR count). The second kappa shape index (κ2) is 7.99. The molecule has 2 aromatic heterocycles. The Morgan fingerprint density at radius 2 is 2.08 bits per heavy atom. The second-order valence-corrected chi connectivity index (χ2v) is 7.53. The molecule has 2 unspecified atom stereocenters. The molecule has 2 atom stereocenters. The van der Waals surface area contributed by atoms with Crippen LogP contribution in [0.15, 0.2) is 18.2 Å². The summed E-state index contributed by atoms with van der Waals surface area (Å²) in [6.07, 6.45) is 3.59. The minimum Gasteiger partial charge on any atom is -0.309 e. The molecule has 140 valence electrons. The van der Waals surface area contributed by atoms with E-state index in [9.17, 15) is 4.79 Å². The van der Waals surface area contributed by atoms with Crippen molar-refractivity contribution in [2.75, 3.05) is 18.4 Å². The third-order valence-electron chi connectivity index (χ3n) is 5.12. The van der Waals surface area contributed by atoms with Gasteiger partial charge in [0.2, 0.25) is 5.91 Å². The van der Waals surface area contributed by atoms with E-state index in [0.29, 0.717) is 11.7 Å². The van der Waals surface area contributed by atoms with Gasteiger partial charge in [-0.25, -0.2) is 0 Å². The highest BCUT2D eigenvalue weighted by Crippen LogP contribution is 2.28. The molecule has 0 radical (unpaired) electrons. The van der Waals surface area contributed by atoms with Crippen LogP contribution in [0.2, 0.25) is 0 Å². The lowest BCUT2D eigenvalue weighted by molar-refractivity contribution is -0.114. The van der Waals surface area contributed by atoms with E-state index in [-0.39, 0.29) is 11.9 Å². The highest BCUT2D eigenvalue weighted by Gasteiger charge is 2.25. The van der Waals surface area contributed by atoms with E-state index in [1.54, 1.807) is 0 Å². The van der Waals surface area contributed by atoms with Gasteiger partial charge in [0, 0.05) is 37.0 Å². The largest absolute Gasteiger partial charge is 0.309 e. The quantitative estimate of drug-likeness (QED) is 0.862. The van der Waals surface area contributed by atoms with E-state index in [2.05, 4.69) is 58.3 Å². The summed E-state index contributed by atoms with van der Waals surface area (Å²) in [6.45, 7) is 10.0. The molecule has 1 aliphatic rings. The van der Waals surface area contributed by atoms with Crippen LogP contribution in [0.3, 0.4) is 0 Å². The molecule has 1 fully saturated rings. The molecule has 0 spiro atoms. The molecule has 26 heavy (non-hydrogen) atoms. The van der Waals surface area contributed by atoms with Crippen LogP contribution in [0.4, 0.5) is 5.82 Å². The normalized spacial score (nSPS) is 19.3. The number of H-pyrrole nitrogens is 1. The van der Waals surface area contributed by atoms with Crippen molar-refractivity contribution >= 4 is 11.7 Å². The molecule has 0 aromatic carbocycles. The van der Waals surface area contributed by atoms with Crippen LogP contribution >= 0.6 is 0 Å². The number of carbonyl (C=O) groups excluding carboxylic acids is 1. The van der Waals surface area contributed by atoms with Crippen molar-refractivity contribution in [1.82, 2.24) is 20.1 Å². The number of hydrogen-bond acceptors (Lipinski definition) is 4. The van der Waals surface area contributed by atoms with Gasteiger partial charge in [-0.15, -0.1) is 0 Å². The number of nitrogens with one attached hydrogen (secondary N) is 2. The predicted molar refractivity (Wildman–Crippen MR) is 103 cm³/mol. The fraction of sp³-hybridized carbons (Fsp3) is 0.550. The van der Waals surface area contributed by atoms with Crippen molar-refractivity contribution in [3.63, 3.8) is 0 Å². The lowest BCUT2D eigenvalue weighted by Gasteiger charge is -2.36. The second-order valence-electron chi connectivity index (χ2n) is 7.53. The Balaban J connectivity index is 1.63. The van der Waals surface area contributed by atoms with Gasteiger partial charge in [-0.1, -0.05) is 0 Å². The summed E-state index contributed by atoms with van der Waals surface area (Å²) >= 11 is 0. The third kappa shape index (κ3) is 4.69. The minimum absolute atomic E-state index is 0.100. The number of aryl methyl sites for hydroxylation is 2. The standard InChI is InChI=1S/C20H29N5O/c1-13-8-18(9-14(2)21-13)10-17-6-5-7-25(12-17)15(3)19-11-20(24-23-19)22-16(4)26/h8-9,11,15,17H,5-7,10,12H2,1-4H3,(H2,22,23,24,26). The Bertz CT molecular complexity index is 749. The van der Waals surface area contributed by atoms with E-state index in [1.807, 2.05) is 6.07 Å². The van der Waals surface area contributed by atoms with E-state index in [1.165, 1.54) is 25.3 Å². The summed E-state index contributed by atoms with van der Waals surface area (Å²) in [5.41, 5.74) is 4.64. The zero-order valence-electron chi connectivity index (χ0n) is 16.2. The van der Waals surface area contributed by atoms with Crippen LogP contribution in [0, 0.1) is 19.8 Å². The highest BCUT2D eigenvalue weighted by molar-refractivity contribution is 5.87. The summed E-state index contributed by atoms with van der Waals surface area (Å²) in [5, 5.41) is 9.99. The van der Waals surface area contributed by atoms with Gasteiger partial charge in [0.15, 0.2) is 5.82 Å². The first kappa shape index (κ1) is 18.6. The number of piperidine rings is 1. The Morgan fingerprint density at radius 3 is 2.77 bits per heavy atom. The number of hydrogen-bond donors (Lipinski definition) is 2. The lowest BCUT2D eigenvalue weighted by Crippen LogP contribution is -2.38. The molecule has 0 aliphatic carbocycles. The minimum atomic E-state index is -0.100. The lowest BCUT2D eigenvalue weighted by atomic mass is 9.90. The van der Waals surface area contributed by atoms with Crippen molar-refractivity contribution in [2.45, 2.75) is 53.0 Å². The molecule has 0 bridgehead atoms. The zero-order valence-corrected chi connectivity index (χ0v) is 16.2. The fourth-order valence-corrected chi connectivity index (χ4v) is 3.98. The molecule has 1 amide bonds. The molecular formula is C20H29N5O. The number of pyridine rings is 1. The van der Waals surface area contributed by atoms with E-state index in [0.717, 1.165) is 36.6 Å². The van der Waals surface area contributed by atoms with Crippen LogP contribution in [0.1, 0.15) is 55.4 Å². The SMILES string of the molecule is CC(=O)Nc1cc(C(C)N2CCCC(Cc3cc(C)nc(C)c3)C2)[nH]n1. The summed E-state index contributed by atoms with van der Waals surface area (Å²) in [7, 11) is 0. The third-order valence-corrected chi connectivity index (χ3v) is 5.12. The van der Waals surface area contributed by atoms with Gasteiger partial charge in [-0.2, -0.15) is 5.10 Å². The maximum Gasteiger partial charge on any atom is 0.222 e. The van der Waals surface area contributed by atoms with Crippen LogP contribution in [-0.2, 0) is 11.2 Å². The molecule has 1 saturated heterocycles. The topological polar surface area (TPSA) is 73.9 Å². The summed E-state index contributed by atoms with van der Waals surface area (Å²) < 4.78 is 0. The number of rotatable bonds is 5. The molecule has 2 aromatic rings. The van der Waals surface area contributed by atoms with Crippen LogP contribution in [0.25, 0.3) is 0 Å². The van der Waals surface area contributed by atoms with Crippen LogP contribution in [0.5, 0.6) is 0 Å². The van der Waals surface area contributed by atoms with Gasteiger partial charge in [-0.05, 0) is 70.2 Å². The number of aromatic nitrogens is 3. The number of aromatic amines is 1. The van der Waals surface area contributed by atoms with Gasteiger partial charge < -0.3 is 5.32 Å². The van der Waals surface area contributed by atoms with Crippen molar-refractivity contribution in [1.29, 1.82) is 0 Å². The Hall–Kier alpha value is -2.21. The van der Waals surface area contributed by atoms with Crippen molar-refractivity contribution in [2.24, 2.45) is 5.92 Å². The zero-order chi connectivity index (χ0) is 18.7. The van der Waals surface area contributed by atoms with E-state index < -0.39 is 0 Å². The fourth-order valence-electron chi connectivity index (χ4n) is 3.98. The molecule has 6 heteroatoms. The molecule has 2 N–H and O–H groups in total. The Morgan fingerprint density at radius 1 is 1.35 bits per heavy atom. The molecule has 1 aliphatic heterocycles. The van der Waals surface area contributed by atoms with Gasteiger partial charge in [-0.3, -0.25) is 19.8 Å². The average Bonchev–Trinajstić information content (AvgIpc) is 3.01. The number of likely N-dealkylation sites (tertiary alicyclic amines) is 1. The smallest absolute Gasteiger partial charge is 0.222 e. The van der Waals surface area contributed by atoms with Crippen LogP contribution in [-0.4, -0.2) is 39.1 Å². The van der Waals surface area contributed by atoms with Gasteiger partial charge in [0.05, 0.1) is 5.69 Å².